The molecule has 15 nitrogen and oxygen atoms in total. The predicted molar refractivity (Wildman–Crippen MR) is 131 cm³/mol. The summed E-state index contributed by atoms with van der Waals surface area (Å²) in [5.41, 5.74) is 21.9. The van der Waals surface area contributed by atoms with Crippen LogP contribution in [0.25, 0.3) is 0 Å². The Kier molecular flexibility index (Phi) is 15.4. The van der Waals surface area contributed by atoms with E-state index in [1.54, 1.807) is 13.8 Å². The van der Waals surface area contributed by atoms with E-state index in [1.807, 2.05) is 0 Å². The number of nitrogens with one attached hydrogen (secondary N) is 3. The van der Waals surface area contributed by atoms with Crippen LogP contribution < -0.4 is 38.9 Å². The van der Waals surface area contributed by atoms with Crippen molar-refractivity contribution < 1.29 is 34.2 Å². The average molecular weight is 517 g/mol. The Morgan fingerprint density at radius 1 is 0.833 bits per heavy atom. The quantitative estimate of drug-likeness (QED) is 0.0508. The largest absolute Gasteiger partial charge is 0.481 e. The van der Waals surface area contributed by atoms with E-state index < -0.39 is 66.2 Å². The molecule has 0 aromatic heterocycles. The lowest BCUT2D eigenvalue weighted by Gasteiger charge is -2.25. The first-order chi connectivity index (χ1) is 16.8. The summed E-state index contributed by atoms with van der Waals surface area (Å²) in [6, 6.07) is -4.96. The molecule has 0 saturated carbocycles. The standard InChI is InChI=1S/C21H40N8O7/c1-11(2)16(20(35)36)29-19(34)14(10-15(30)31)28-18(33)13(7-3-4-8-22)27-17(32)12(23)6-5-9-26-21(24)25/h11-14,16H,3-10,22-23H2,1-2H3,(H,27,32)(H,28,33)(H,29,34)(H,30,31)(H,35,36)(H4,24,25,26)/t12-,13+,14+,16+/m1/s1. The molecular weight excluding hydrogens is 476 g/mol. The van der Waals surface area contributed by atoms with Gasteiger partial charge in [-0.2, -0.15) is 0 Å². The van der Waals surface area contributed by atoms with Crippen molar-refractivity contribution in [2.45, 2.75) is 76.5 Å². The van der Waals surface area contributed by atoms with Crippen LogP contribution in [0.3, 0.4) is 0 Å². The minimum atomic E-state index is -1.57. The van der Waals surface area contributed by atoms with E-state index in [4.69, 9.17) is 22.9 Å². The van der Waals surface area contributed by atoms with E-state index >= 15 is 0 Å². The van der Waals surface area contributed by atoms with Crippen LogP contribution in [-0.4, -0.2) is 83.1 Å². The van der Waals surface area contributed by atoms with Gasteiger partial charge in [-0.15, -0.1) is 0 Å². The van der Waals surface area contributed by atoms with Gasteiger partial charge in [0.2, 0.25) is 17.7 Å². The number of nitrogens with two attached hydrogens (primary N) is 4. The molecule has 36 heavy (non-hydrogen) atoms. The average Bonchev–Trinajstić information content (AvgIpc) is 2.77. The van der Waals surface area contributed by atoms with Crippen LogP contribution in [0.1, 0.15) is 52.4 Å². The first-order valence-corrected chi connectivity index (χ1v) is 11.7. The van der Waals surface area contributed by atoms with Crippen LogP contribution in [0.15, 0.2) is 4.99 Å². The number of hydrogen-bond acceptors (Lipinski definition) is 8. The van der Waals surface area contributed by atoms with Crippen LogP contribution in [0.2, 0.25) is 0 Å². The van der Waals surface area contributed by atoms with Gasteiger partial charge < -0.3 is 49.1 Å². The van der Waals surface area contributed by atoms with Gasteiger partial charge in [0.05, 0.1) is 12.5 Å². The van der Waals surface area contributed by atoms with Gasteiger partial charge in [-0.05, 0) is 44.6 Å². The van der Waals surface area contributed by atoms with Crippen molar-refractivity contribution >= 4 is 35.6 Å². The third-order valence-corrected chi connectivity index (χ3v) is 5.13. The van der Waals surface area contributed by atoms with E-state index in [-0.39, 0.29) is 25.3 Å². The fourth-order valence-electron chi connectivity index (χ4n) is 3.11. The number of aliphatic carboxylic acids is 2. The summed E-state index contributed by atoms with van der Waals surface area (Å²) in [7, 11) is 0. The summed E-state index contributed by atoms with van der Waals surface area (Å²) in [5.74, 6) is -5.70. The Labute approximate surface area is 209 Å². The fraction of sp³-hybridized carbons (Fsp3) is 0.714. The smallest absolute Gasteiger partial charge is 0.326 e. The molecule has 0 radical (unpaired) electrons. The third kappa shape index (κ3) is 13.4. The second kappa shape index (κ2) is 17.0. The van der Waals surface area contributed by atoms with Gasteiger partial charge in [0.15, 0.2) is 5.96 Å². The monoisotopic (exact) mass is 516 g/mol. The molecule has 3 amide bonds. The number of unbranched alkanes of at least 4 members (excludes halogenated alkanes) is 1. The van der Waals surface area contributed by atoms with Crippen molar-refractivity contribution in [1.82, 2.24) is 16.0 Å². The molecule has 0 bridgehead atoms. The molecule has 0 saturated heterocycles. The van der Waals surface area contributed by atoms with Crippen molar-refractivity contribution in [2.24, 2.45) is 33.8 Å². The highest BCUT2D eigenvalue weighted by Gasteiger charge is 2.32. The molecule has 0 fully saturated rings. The molecule has 0 aliphatic carbocycles. The molecule has 0 aromatic rings. The Morgan fingerprint density at radius 2 is 1.42 bits per heavy atom. The zero-order chi connectivity index (χ0) is 27.8. The number of rotatable bonds is 18. The summed E-state index contributed by atoms with van der Waals surface area (Å²) in [4.78, 5) is 64.6. The number of aliphatic imine (C=N–C) groups is 1. The summed E-state index contributed by atoms with van der Waals surface area (Å²) < 4.78 is 0. The molecule has 0 aliphatic rings. The van der Waals surface area contributed by atoms with Crippen LogP contribution in [0.4, 0.5) is 0 Å². The highest BCUT2D eigenvalue weighted by molar-refractivity contribution is 5.95. The lowest BCUT2D eigenvalue weighted by atomic mass is 10.0. The second-order valence-electron chi connectivity index (χ2n) is 8.63. The summed E-state index contributed by atoms with van der Waals surface area (Å²) >= 11 is 0. The SMILES string of the molecule is CC(C)[C@H](NC(=O)[C@H](CC(=O)O)NC(=O)[C@H](CCCCN)NC(=O)[C@H](N)CCCN=C(N)N)C(=O)O. The van der Waals surface area contributed by atoms with E-state index in [1.165, 1.54) is 0 Å². The first-order valence-electron chi connectivity index (χ1n) is 11.7. The van der Waals surface area contributed by atoms with Gasteiger partial charge in [-0.1, -0.05) is 13.8 Å². The lowest BCUT2D eigenvalue weighted by Crippen LogP contribution is -2.58. The van der Waals surface area contributed by atoms with E-state index in [0.29, 0.717) is 25.8 Å². The van der Waals surface area contributed by atoms with Crippen molar-refractivity contribution in [1.29, 1.82) is 0 Å². The molecule has 13 N–H and O–H groups in total. The molecule has 0 aromatic carbocycles. The molecule has 0 spiro atoms. The Bertz CT molecular complexity index is 786. The predicted octanol–water partition coefficient (Wildman–Crippen LogP) is -2.83. The van der Waals surface area contributed by atoms with Crippen LogP contribution in [0.5, 0.6) is 0 Å². The summed E-state index contributed by atoms with van der Waals surface area (Å²) in [6.45, 7) is 3.74. The molecule has 15 heteroatoms. The second-order valence-corrected chi connectivity index (χ2v) is 8.63. The zero-order valence-corrected chi connectivity index (χ0v) is 20.7. The highest BCUT2D eigenvalue weighted by Crippen LogP contribution is 2.07. The van der Waals surface area contributed by atoms with Gasteiger partial charge in [-0.25, -0.2) is 4.79 Å². The number of guanidine groups is 1. The molecule has 4 atom stereocenters. The fourth-order valence-corrected chi connectivity index (χ4v) is 3.11. The number of carbonyl (C=O) groups is 5. The summed E-state index contributed by atoms with van der Waals surface area (Å²) in [5, 5.41) is 25.6. The number of carbonyl (C=O) groups excluding carboxylic acids is 3. The molecular formula is C21H40N8O7. The molecule has 0 rings (SSSR count). The molecule has 0 unspecified atom stereocenters. The van der Waals surface area contributed by atoms with Gasteiger partial charge in [0, 0.05) is 6.54 Å². The molecule has 0 heterocycles. The van der Waals surface area contributed by atoms with Crippen LogP contribution in [-0.2, 0) is 24.0 Å². The molecule has 206 valence electrons. The highest BCUT2D eigenvalue weighted by atomic mass is 16.4. The van der Waals surface area contributed by atoms with Crippen molar-refractivity contribution in [2.75, 3.05) is 13.1 Å². The number of nitrogens with zero attached hydrogens (tertiary/aromatic N) is 1. The third-order valence-electron chi connectivity index (χ3n) is 5.13. The van der Waals surface area contributed by atoms with Gasteiger partial charge in [-0.3, -0.25) is 24.2 Å². The van der Waals surface area contributed by atoms with Crippen molar-refractivity contribution in [3.05, 3.63) is 0 Å². The zero-order valence-electron chi connectivity index (χ0n) is 20.7. The van der Waals surface area contributed by atoms with Crippen LogP contribution >= 0.6 is 0 Å². The summed E-state index contributed by atoms with van der Waals surface area (Å²) in [6.07, 6.45) is 1.01. The number of amides is 3. The van der Waals surface area contributed by atoms with Crippen molar-refractivity contribution in [3.8, 4) is 0 Å². The maximum atomic E-state index is 12.9. The maximum absolute atomic E-state index is 12.9. The Balaban J connectivity index is 5.43. The normalized spacial score (nSPS) is 14.1. The first kappa shape index (κ1) is 32.5. The van der Waals surface area contributed by atoms with Gasteiger partial charge in [0.25, 0.3) is 0 Å². The topological polar surface area (TPSA) is 278 Å². The molecule has 0 aliphatic heterocycles. The van der Waals surface area contributed by atoms with Crippen LogP contribution in [0, 0.1) is 5.92 Å². The lowest BCUT2D eigenvalue weighted by molar-refractivity contribution is -0.144. The number of carboxylic acid groups (broad SMARTS) is 2. The van der Waals surface area contributed by atoms with Crippen molar-refractivity contribution in [3.63, 3.8) is 0 Å². The minimum Gasteiger partial charge on any atom is -0.481 e. The Hall–Kier alpha value is -3.46. The van der Waals surface area contributed by atoms with E-state index in [0.717, 1.165) is 0 Å². The number of hydrogen-bond donors (Lipinski definition) is 9. The van der Waals surface area contributed by atoms with Gasteiger partial charge >= 0.3 is 11.9 Å². The van der Waals surface area contributed by atoms with E-state index in [9.17, 15) is 34.2 Å². The van der Waals surface area contributed by atoms with E-state index in [2.05, 4.69) is 20.9 Å². The Morgan fingerprint density at radius 3 is 1.92 bits per heavy atom. The maximum Gasteiger partial charge on any atom is 0.326 e. The minimum absolute atomic E-state index is 0.0901. The van der Waals surface area contributed by atoms with Gasteiger partial charge in [0.1, 0.15) is 18.1 Å². The number of carboxylic acids is 2.